The number of halogens is 2. The summed E-state index contributed by atoms with van der Waals surface area (Å²) in [5.74, 6) is 1.43. The fourth-order valence-electron chi connectivity index (χ4n) is 1.12. The second kappa shape index (κ2) is 3.89. The molecular weight excluding hydrogens is 251 g/mol. The number of rotatable bonds is 3. The van der Waals surface area contributed by atoms with E-state index < -0.39 is 0 Å². The summed E-state index contributed by atoms with van der Waals surface area (Å²) >= 11 is 9.26. The summed E-state index contributed by atoms with van der Waals surface area (Å²) < 4.78 is 6.69. The molecule has 13 heavy (non-hydrogen) atoms. The molecule has 0 amide bonds. The lowest BCUT2D eigenvalue weighted by Gasteiger charge is -2.08. The van der Waals surface area contributed by atoms with Crippen LogP contribution in [0.4, 0.5) is 0 Å². The van der Waals surface area contributed by atoms with Crippen LogP contribution in [-0.2, 0) is 5.88 Å². The summed E-state index contributed by atoms with van der Waals surface area (Å²) in [7, 11) is 0. The van der Waals surface area contributed by atoms with Crippen LogP contribution >= 0.6 is 27.5 Å². The van der Waals surface area contributed by atoms with Gasteiger partial charge in [0.15, 0.2) is 0 Å². The van der Waals surface area contributed by atoms with Crippen molar-refractivity contribution in [2.45, 2.75) is 24.8 Å². The molecule has 0 radical (unpaired) electrons. The van der Waals surface area contributed by atoms with E-state index in [-0.39, 0.29) is 0 Å². The van der Waals surface area contributed by atoms with E-state index in [9.17, 15) is 0 Å². The van der Waals surface area contributed by atoms with Gasteiger partial charge in [-0.3, -0.25) is 0 Å². The van der Waals surface area contributed by atoms with Crippen LogP contribution in [0, 0.1) is 0 Å². The number of benzene rings is 1. The zero-order chi connectivity index (χ0) is 9.26. The summed E-state index contributed by atoms with van der Waals surface area (Å²) in [4.78, 5) is 0. The van der Waals surface area contributed by atoms with Crippen molar-refractivity contribution in [2.24, 2.45) is 0 Å². The molecule has 0 unspecified atom stereocenters. The molecule has 0 bridgehead atoms. The van der Waals surface area contributed by atoms with Crippen LogP contribution in [0.15, 0.2) is 22.7 Å². The molecule has 0 heterocycles. The van der Waals surface area contributed by atoms with Crippen molar-refractivity contribution in [3.05, 3.63) is 28.2 Å². The van der Waals surface area contributed by atoms with Gasteiger partial charge in [-0.15, -0.1) is 11.6 Å². The Bertz CT molecular complexity index is 310. The second-order valence-electron chi connectivity index (χ2n) is 3.18. The van der Waals surface area contributed by atoms with Gasteiger partial charge in [-0.05, 0) is 40.4 Å². The Balaban J connectivity index is 2.22. The van der Waals surface area contributed by atoms with Gasteiger partial charge in [-0.2, -0.15) is 0 Å². The lowest BCUT2D eigenvalue weighted by Crippen LogP contribution is -1.97. The molecule has 1 nitrogen and oxygen atoms in total. The van der Waals surface area contributed by atoms with Gasteiger partial charge in [-0.1, -0.05) is 12.1 Å². The van der Waals surface area contributed by atoms with E-state index in [4.69, 9.17) is 16.3 Å². The average molecular weight is 262 g/mol. The third-order valence-electron chi connectivity index (χ3n) is 2.01. The van der Waals surface area contributed by atoms with Crippen LogP contribution in [0.1, 0.15) is 18.4 Å². The summed E-state index contributed by atoms with van der Waals surface area (Å²) in [6.07, 6.45) is 2.79. The molecule has 0 saturated heterocycles. The molecule has 70 valence electrons. The molecule has 0 aromatic heterocycles. The number of alkyl halides is 1. The van der Waals surface area contributed by atoms with Crippen LogP contribution < -0.4 is 4.74 Å². The Morgan fingerprint density at radius 1 is 1.46 bits per heavy atom. The number of hydrogen-bond acceptors (Lipinski definition) is 1. The summed E-state index contributed by atoms with van der Waals surface area (Å²) in [6.45, 7) is 0. The van der Waals surface area contributed by atoms with E-state index in [0.717, 1.165) is 15.8 Å². The molecule has 1 aliphatic carbocycles. The monoisotopic (exact) mass is 260 g/mol. The van der Waals surface area contributed by atoms with Gasteiger partial charge in [0, 0.05) is 5.88 Å². The maximum absolute atomic E-state index is 5.77. The van der Waals surface area contributed by atoms with Crippen LogP contribution in [0.2, 0.25) is 0 Å². The summed E-state index contributed by atoms with van der Waals surface area (Å²) in [5, 5.41) is 0. The molecule has 0 spiro atoms. The fourth-order valence-corrected chi connectivity index (χ4v) is 2.00. The van der Waals surface area contributed by atoms with Gasteiger partial charge in [0.2, 0.25) is 0 Å². The molecule has 0 N–H and O–H groups in total. The highest BCUT2D eigenvalue weighted by molar-refractivity contribution is 9.10. The predicted molar refractivity (Wildman–Crippen MR) is 57.3 cm³/mol. The minimum absolute atomic E-state index is 0.432. The highest BCUT2D eigenvalue weighted by atomic mass is 79.9. The maximum atomic E-state index is 5.77. The highest BCUT2D eigenvalue weighted by Gasteiger charge is 2.24. The van der Waals surface area contributed by atoms with Crippen molar-refractivity contribution in [3.8, 4) is 5.75 Å². The Labute approximate surface area is 91.2 Å². The zero-order valence-electron chi connectivity index (χ0n) is 7.09. The van der Waals surface area contributed by atoms with Crippen molar-refractivity contribution >= 4 is 27.5 Å². The van der Waals surface area contributed by atoms with Crippen molar-refractivity contribution in [1.82, 2.24) is 0 Å². The van der Waals surface area contributed by atoms with Gasteiger partial charge >= 0.3 is 0 Å². The van der Waals surface area contributed by atoms with Gasteiger partial charge in [0.05, 0.1) is 10.6 Å². The molecule has 1 aliphatic rings. The third-order valence-corrected chi connectivity index (χ3v) is 3.19. The lowest BCUT2D eigenvalue weighted by atomic mass is 10.2. The quantitative estimate of drug-likeness (QED) is 0.753. The molecule has 0 aliphatic heterocycles. The summed E-state index contributed by atoms with van der Waals surface area (Å²) in [6, 6.07) is 5.94. The molecule has 3 heteroatoms. The molecule has 2 rings (SSSR count). The largest absolute Gasteiger partial charge is 0.489 e. The standard InChI is InChI=1S/C10H10BrClO/c11-10-7(6-12)2-1-3-9(10)13-8-4-5-8/h1-3,8H,4-6H2. The van der Waals surface area contributed by atoms with Crippen molar-refractivity contribution in [1.29, 1.82) is 0 Å². The van der Waals surface area contributed by atoms with Gasteiger partial charge in [0.25, 0.3) is 0 Å². The van der Waals surface area contributed by atoms with Crippen LogP contribution in [0.5, 0.6) is 5.75 Å². The van der Waals surface area contributed by atoms with E-state index in [0.29, 0.717) is 12.0 Å². The average Bonchev–Trinajstić information content (AvgIpc) is 2.92. The molecule has 1 saturated carbocycles. The van der Waals surface area contributed by atoms with Crippen molar-refractivity contribution in [3.63, 3.8) is 0 Å². The van der Waals surface area contributed by atoms with E-state index in [1.54, 1.807) is 0 Å². The first kappa shape index (κ1) is 9.35. The third kappa shape index (κ3) is 2.18. The second-order valence-corrected chi connectivity index (χ2v) is 4.24. The minimum Gasteiger partial charge on any atom is -0.489 e. The summed E-state index contributed by atoms with van der Waals surface area (Å²) in [5.41, 5.74) is 1.08. The first-order valence-corrected chi connectivity index (χ1v) is 5.64. The van der Waals surface area contributed by atoms with E-state index in [2.05, 4.69) is 15.9 Å². The van der Waals surface area contributed by atoms with Crippen LogP contribution in [-0.4, -0.2) is 6.10 Å². The van der Waals surface area contributed by atoms with Crippen molar-refractivity contribution in [2.75, 3.05) is 0 Å². The Morgan fingerprint density at radius 2 is 2.23 bits per heavy atom. The minimum atomic E-state index is 0.432. The van der Waals surface area contributed by atoms with Crippen LogP contribution in [0.3, 0.4) is 0 Å². The Kier molecular flexibility index (Phi) is 2.80. The lowest BCUT2D eigenvalue weighted by molar-refractivity contribution is 0.301. The fraction of sp³-hybridized carbons (Fsp3) is 0.400. The Hall–Kier alpha value is -0.210. The molecule has 1 fully saturated rings. The Morgan fingerprint density at radius 3 is 2.85 bits per heavy atom. The molecular formula is C10H10BrClO. The van der Waals surface area contributed by atoms with Crippen LogP contribution in [0.25, 0.3) is 0 Å². The normalized spacial score (nSPS) is 15.8. The zero-order valence-corrected chi connectivity index (χ0v) is 9.44. The molecule has 0 atom stereocenters. The van der Waals surface area contributed by atoms with E-state index >= 15 is 0 Å². The van der Waals surface area contributed by atoms with Gasteiger partial charge < -0.3 is 4.74 Å². The SMILES string of the molecule is ClCc1cccc(OC2CC2)c1Br. The number of ether oxygens (including phenoxy) is 1. The number of hydrogen-bond donors (Lipinski definition) is 0. The predicted octanol–water partition coefficient (Wildman–Crippen LogP) is 3.73. The van der Waals surface area contributed by atoms with E-state index in [1.165, 1.54) is 12.8 Å². The van der Waals surface area contributed by atoms with Gasteiger partial charge in [-0.25, -0.2) is 0 Å². The maximum Gasteiger partial charge on any atom is 0.134 e. The van der Waals surface area contributed by atoms with Crippen molar-refractivity contribution < 1.29 is 4.74 Å². The topological polar surface area (TPSA) is 9.23 Å². The molecule has 1 aromatic carbocycles. The smallest absolute Gasteiger partial charge is 0.134 e. The first-order valence-electron chi connectivity index (χ1n) is 4.31. The van der Waals surface area contributed by atoms with Gasteiger partial charge in [0.1, 0.15) is 5.75 Å². The molecule has 1 aromatic rings. The first-order chi connectivity index (χ1) is 6.31. The highest BCUT2D eigenvalue weighted by Crippen LogP contribution is 2.34. The van der Waals surface area contributed by atoms with E-state index in [1.807, 2.05) is 18.2 Å².